The normalized spacial score (nSPS) is 20.9. The zero-order valence-electron chi connectivity index (χ0n) is 10.5. The van der Waals surface area contributed by atoms with Crippen molar-refractivity contribution in [3.63, 3.8) is 0 Å². The minimum absolute atomic E-state index is 0.344. The number of fused-ring (bicyclic) bond motifs is 1. The van der Waals surface area contributed by atoms with Crippen LogP contribution in [0.3, 0.4) is 0 Å². The molecule has 1 unspecified atom stereocenters. The van der Waals surface area contributed by atoms with Crippen LogP contribution in [0, 0.1) is 0 Å². The van der Waals surface area contributed by atoms with Gasteiger partial charge in [-0.05, 0) is 25.1 Å². The maximum atomic E-state index is 5.41. The van der Waals surface area contributed by atoms with E-state index < -0.39 is 0 Å². The molecule has 1 saturated heterocycles. The summed E-state index contributed by atoms with van der Waals surface area (Å²) >= 11 is 1.88. The maximum absolute atomic E-state index is 5.41. The van der Waals surface area contributed by atoms with Gasteiger partial charge < -0.3 is 14.8 Å². The van der Waals surface area contributed by atoms with Gasteiger partial charge in [0, 0.05) is 31.1 Å². The number of rotatable bonds is 3. The van der Waals surface area contributed by atoms with E-state index in [-0.39, 0.29) is 0 Å². The maximum Gasteiger partial charge on any atom is 0.231 e. The molecule has 98 valence electrons. The molecule has 18 heavy (non-hydrogen) atoms. The number of hydrogen-bond acceptors (Lipinski definition) is 5. The van der Waals surface area contributed by atoms with Crippen molar-refractivity contribution in [2.75, 3.05) is 33.0 Å². The van der Waals surface area contributed by atoms with Crippen molar-refractivity contribution in [2.24, 2.45) is 0 Å². The highest BCUT2D eigenvalue weighted by Gasteiger charge is 2.19. The van der Waals surface area contributed by atoms with Crippen molar-refractivity contribution in [2.45, 2.75) is 17.2 Å². The molecule has 0 aromatic heterocycles. The molecule has 5 heteroatoms. The van der Waals surface area contributed by atoms with E-state index >= 15 is 0 Å². The van der Waals surface area contributed by atoms with Crippen LogP contribution in [0.5, 0.6) is 11.5 Å². The van der Waals surface area contributed by atoms with Crippen molar-refractivity contribution >= 4 is 11.8 Å². The fourth-order valence-corrected chi connectivity index (χ4v) is 3.34. The Hall–Kier alpha value is -0.910. The summed E-state index contributed by atoms with van der Waals surface area (Å²) in [5, 5.41) is 3.87. The Morgan fingerprint density at radius 3 is 2.83 bits per heavy atom. The lowest BCUT2D eigenvalue weighted by molar-refractivity contribution is 0.174. The monoisotopic (exact) mass is 266 g/mol. The van der Waals surface area contributed by atoms with Gasteiger partial charge in [0.05, 0.1) is 5.37 Å². The molecule has 1 aromatic rings. The highest BCUT2D eigenvalue weighted by molar-refractivity contribution is 7.99. The van der Waals surface area contributed by atoms with Crippen molar-refractivity contribution in [3.8, 4) is 11.5 Å². The molecule has 1 atom stereocenters. The van der Waals surface area contributed by atoms with Crippen LogP contribution in [-0.4, -0.2) is 43.2 Å². The van der Waals surface area contributed by atoms with E-state index in [1.807, 2.05) is 17.8 Å². The first-order valence-electron chi connectivity index (χ1n) is 6.34. The van der Waals surface area contributed by atoms with E-state index in [4.69, 9.17) is 9.47 Å². The van der Waals surface area contributed by atoms with Gasteiger partial charge in [-0.1, -0.05) is 0 Å². The SMILES string of the molecule is CC(Sc1ccc2c(c1)OCO2)N1CCNCC1. The van der Waals surface area contributed by atoms with E-state index in [1.165, 1.54) is 4.90 Å². The molecule has 0 aliphatic carbocycles. The van der Waals surface area contributed by atoms with Gasteiger partial charge in [0.1, 0.15) is 0 Å². The fourth-order valence-electron chi connectivity index (χ4n) is 2.27. The molecule has 0 radical (unpaired) electrons. The van der Waals surface area contributed by atoms with Crippen molar-refractivity contribution in [1.82, 2.24) is 10.2 Å². The van der Waals surface area contributed by atoms with Crippen molar-refractivity contribution < 1.29 is 9.47 Å². The van der Waals surface area contributed by atoms with Crippen LogP contribution in [0.4, 0.5) is 0 Å². The average molecular weight is 266 g/mol. The number of hydrogen-bond donors (Lipinski definition) is 1. The highest BCUT2D eigenvalue weighted by Crippen LogP contribution is 2.37. The smallest absolute Gasteiger partial charge is 0.231 e. The van der Waals surface area contributed by atoms with Crippen molar-refractivity contribution in [3.05, 3.63) is 18.2 Å². The predicted molar refractivity (Wildman–Crippen MR) is 72.3 cm³/mol. The van der Waals surface area contributed by atoms with Gasteiger partial charge in [0.25, 0.3) is 0 Å². The van der Waals surface area contributed by atoms with E-state index in [2.05, 4.69) is 29.3 Å². The summed E-state index contributed by atoms with van der Waals surface area (Å²) in [6.07, 6.45) is 0. The van der Waals surface area contributed by atoms with E-state index in [0.717, 1.165) is 37.7 Å². The Balaban J connectivity index is 1.64. The van der Waals surface area contributed by atoms with Crippen LogP contribution in [0.25, 0.3) is 0 Å². The lowest BCUT2D eigenvalue weighted by Gasteiger charge is -2.32. The molecule has 1 N–H and O–H groups in total. The summed E-state index contributed by atoms with van der Waals surface area (Å²) in [6, 6.07) is 6.18. The number of benzene rings is 1. The molecule has 2 heterocycles. The summed E-state index contributed by atoms with van der Waals surface area (Å²) in [4.78, 5) is 3.75. The third kappa shape index (κ3) is 2.58. The first-order valence-corrected chi connectivity index (χ1v) is 7.22. The van der Waals surface area contributed by atoms with Gasteiger partial charge in [0.15, 0.2) is 11.5 Å². The summed E-state index contributed by atoms with van der Waals surface area (Å²) in [5.74, 6) is 1.72. The van der Waals surface area contributed by atoms with Gasteiger partial charge in [-0.25, -0.2) is 0 Å². The van der Waals surface area contributed by atoms with Crippen LogP contribution >= 0.6 is 11.8 Å². The van der Waals surface area contributed by atoms with E-state index in [1.54, 1.807) is 0 Å². The van der Waals surface area contributed by atoms with E-state index in [9.17, 15) is 0 Å². The molecule has 1 aromatic carbocycles. The van der Waals surface area contributed by atoms with Crippen LogP contribution in [-0.2, 0) is 0 Å². The third-order valence-corrected chi connectivity index (χ3v) is 4.48. The van der Waals surface area contributed by atoms with Gasteiger partial charge in [-0.15, -0.1) is 11.8 Å². The summed E-state index contributed by atoms with van der Waals surface area (Å²) in [6.45, 7) is 7.03. The molecule has 2 aliphatic heterocycles. The van der Waals surface area contributed by atoms with Gasteiger partial charge in [-0.2, -0.15) is 0 Å². The number of nitrogens with one attached hydrogen (secondary N) is 1. The molecule has 3 rings (SSSR count). The molecular weight excluding hydrogens is 248 g/mol. The number of thioether (sulfide) groups is 1. The topological polar surface area (TPSA) is 33.7 Å². The Morgan fingerprint density at radius 1 is 1.22 bits per heavy atom. The summed E-state index contributed by atoms with van der Waals surface area (Å²) in [5.41, 5.74) is 0. The van der Waals surface area contributed by atoms with Gasteiger partial charge >= 0.3 is 0 Å². The quantitative estimate of drug-likeness (QED) is 0.843. The fraction of sp³-hybridized carbons (Fsp3) is 0.538. The Labute approximate surface area is 112 Å². The first-order chi connectivity index (χ1) is 8.83. The molecule has 2 aliphatic rings. The Bertz CT molecular complexity index is 421. The zero-order chi connectivity index (χ0) is 12.4. The van der Waals surface area contributed by atoms with Crippen LogP contribution < -0.4 is 14.8 Å². The predicted octanol–water partition coefficient (Wildman–Crippen LogP) is 1.76. The second-order valence-electron chi connectivity index (χ2n) is 4.52. The van der Waals surface area contributed by atoms with Crippen LogP contribution in [0.1, 0.15) is 6.92 Å². The molecular formula is C13H18N2O2S. The second kappa shape index (κ2) is 5.38. The molecule has 0 spiro atoms. The Kier molecular flexibility index (Phi) is 3.63. The van der Waals surface area contributed by atoms with Gasteiger partial charge in [-0.3, -0.25) is 4.90 Å². The minimum atomic E-state index is 0.344. The lowest BCUT2D eigenvalue weighted by atomic mass is 10.3. The molecule has 1 fully saturated rings. The molecule has 0 saturated carbocycles. The summed E-state index contributed by atoms with van der Waals surface area (Å²) < 4.78 is 10.7. The van der Waals surface area contributed by atoms with Crippen LogP contribution in [0.15, 0.2) is 23.1 Å². The van der Waals surface area contributed by atoms with Crippen LogP contribution in [0.2, 0.25) is 0 Å². The molecule has 0 bridgehead atoms. The number of piperazine rings is 1. The minimum Gasteiger partial charge on any atom is -0.454 e. The summed E-state index contributed by atoms with van der Waals surface area (Å²) in [7, 11) is 0. The van der Waals surface area contributed by atoms with E-state index in [0.29, 0.717) is 12.2 Å². The number of ether oxygens (including phenoxy) is 2. The average Bonchev–Trinajstić information content (AvgIpc) is 2.87. The first kappa shape index (κ1) is 12.1. The van der Waals surface area contributed by atoms with Gasteiger partial charge in [0.2, 0.25) is 6.79 Å². The number of nitrogens with zero attached hydrogens (tertiary/aromatic N) is 1. The molecule has 0 amide bonds. The lowest BCUT2D eigenvalue weighted by Crippen LogP contribution is -2.46. The largest absolute Gasteiger partial charge is 0.454 e. The standard InChI is InChI=1S/C13H18N2O2S/c1-10(15-6-4-14-5-7-15)18-11-2-3-12-13(8-11)17-9-16-12/h2-3,8,10,14H,4-7,9H2,1H3. The van der Waals surface area contributed by atoms with Crippen molar-refractivity contribution in [1.29, 1.82) is 0 Å². The zero-order valence-corrected chi connectivity index (χ0v) is 11.3. The Morgan fingerprint density at radius 2 is 2.00 bits per heavy atom. The highest BCUT2D eigenvalue weighted by atomic mass is 32.2. The second-order valence-corrected chi connectivity index (χ2v) is 5.91. The molecule has 4 nitrogen and oxygen atoms in total. The third-order valence-electron chi connectivity index (χ3n) is 3.32.